The van der Waals surface area contributed by atoms with Crippen molar-refractivity contribution >= 4 is 49.8 Å². The Hall–Kier alpha value is -3.37. The van der Waals surface area contributed by atoms with E-state index < -0.39 is 84.5 Å². The zero-order valence-electron chi connectivity index (χ0n) is 22.8. The van der Waals surface area contributed by atoms with Crippen molar-refractivity contribution in [1.82, 2.24) is 39.0 Å². The number of rotatable bonds is 11. The third-order valence-corrected chi connectivity index (χ3v) is 8.51. The second kappa shape index (κ2) is 12.4. The van der Waals surface area contributed by atoms with Crippen LogP contribution in [-0.4, -0.2) is 120 Å². The lowest BCUT2D eigenvalue weighted by molar-refractivity contribution is -0.0649. The van der Waals surface area contributed by atoms with Gasteiger partial charge in [0.25, 0.3) is 6.35 Å². The maximum Gasteiger partial charge on any atom is 0.534 e. The lowest BCUT2D eigenvalue weighted by Gasteiger charge is -2.25. The Kier molecular flexibility index (Phi) is 8.73. The molecule has 0 saturated carbocycles. The number of anilines is 2. The maximum atomic E-state index is 13.2. The predicted molar refractivity (Wildman–Crippen MR) is 147 cm³/mol. The maximum absolute atomic E-state index is 13.2. The number of imidazole rings is 2. The Balaban J connectivity index is 1.21. The molecule has 9 N–H and O–H groups in total. The molecule has 242 valence electrons. The molecule has 10 atom stereocenters. The van der Waals surface area contributed by atoms with Crippen LogP contribution in [0.1, 0.15) is 12.5 Å². The van der Waals surface area contributed by atoms with Gasteiger partial charge < -0.3 is 45.9 Å². The van der Waals surface area contributed by atoms with Gasteiger partial charge in [-0.05, 0) is 4.57 Å². The number of nitrogen functional groups attached to an aromatic ring is 2. The average Bonchev–Trinajstić information content (AvgIpc) is 3.76. The van der Waals surface area contributed by atoms with E-state index >= 15 is 0 Å². The van der Waals surface area contributed by atoms with Gasteiger partial charge in [0.2, 0.25) is 0 Å². The van der Waals surface area contributed by atoms with Gasteiger partial charge >= 0.3 is 15.9 Å². The first-order valence-electron chi connectivity index (χ1n) is 13.0. The van der Waals surface area contributed by atoms with Crippen LogP contribution in [0.2, 0.25) is 0 Å². The normalized spacial score (nSPS) is 30.3. The van der Waals surface area contributed by atoms with Crippen molar-refractivity contribution in [3.63, 3.8) is 0 Å². The molecule has 0 radical (unpaired) electrons. The molecule has 6 heterocycles. The number of phosphoric acid groups is 1. The molecule has 0 aromatic carbocycles. The molecular weight excluding hydrogens is 646 g/mol. The summed E-state index contributed by atoms with van der Waals surface area (Å²) in [6.07, 6.45) is -7.02. The van der Waals surface area contributed by atoms with Gasteiger partial charge in [-0.15, -0.1) is 0 Å². The molecule has 0 bridgehead atoms. The van der Waals surface area contributed by atoms with Crippen LogP contribution in [0.4, 0.5) is 11.6 Å². The van der Waals surface area contributed by atoms with Crippen molar-refractivity contribution in [3.8, 4) is 0 Å². The van der Waals surface area contributed by atoms with Gasteiger partial charge in [-0.1, -0.05) is 0 Å². The van der Waals surface area contributed by atoms with Gasteiger partial charge in [0.1, 0.15) is 60.3 Å². The van der Waals surface area contributed by atoms with Gasteiger partial charge in [0.05, 0.1) is 25.9 Å². The summed E-state index contributed by atoms with van der Waals surface area (Å²) >= 11 is 0. The monoisotopic (exact) mass is 673 g/mol. The van der Waals surface area contributed by atoms with Crippen molar-refractivity contribution in [2.24, 2.45) is 0 Å². The zero-order valence-corrected chi connectivity index (χ0v) is 24.6. The summed E-state index contributed by atoms with van der Waals surface area (Å²) < 4.78 is 54.7. The molecule has 4 aromatic rings. The third-order valence-electron chi connectivity index (χ3n) is 7.16. The predicted octanol–water partition coefficient (Wildman–Crippen LogP) is -2.08. The van der Waals surface area contributed by atoms with Gasteiger partial charge in [0, 0.05) is 0 Å². The number of aliphatic hydroxyl groups excluding tert-OH is 3. The Morgan fingerprint density at radius 1 is 0.889 bits per heavy atom. The van der Waals surface area contributed by atoms with E-state index in [2.05, 4.69) is 29.9 Å². The topological polar surface area (TPSA) is 321 Å². The molecule has 22 nitrogen and oxygen atoms in total. The number of aliphatic hydroxyl groups is 3. The molecule has 4 aromatic heterocycles. The number of aromatic nitrogens is 8. The van der Waals surface area contributed by atoms with E-state index in [4.69, 9.17) is 34.7 Å². The molecule has 2 fully saturated rings. The molecule has 0 amide bonds. The minimum atomic E-state index is -5.08. The fourth-order valence-corrected chi connectivity index (χ4v) is 6.34. The number of phosphoric ester groups is 1. The van der Waals surface area contributed by atoms with Gasteiger partial charge in [-0.2, -0.15) is 4.89 Å². The average molecular weight is 673 g/mol. The fourth-order valence-electron chi connectivity index (χ4n) is 5.11. The highest BCUT2D eigenvalue weighted by molar-refractivity contribution is 7.47. The van der Waals surface area contributed by atoms with E-state index in [1.165, 1.54) is 28.1 Å². The van der Waals surface area contributed by atoms with E-state index in [9.17, 15) is 34.2 Å². The van der Waals surface area contributed by atoms with E-state index in [0.29, 0.717) is 0 Å². The molecule has 10 unspecified atom stereocenters. The van der Waals surface area contributed by atoms with E-state index in [1.807, 2.05) is 0 Å². The third kappa shape index (κ3) is 5.99. The summed E-state index contributed by atoms with van der Waals surface area (Å²) in [5, 5.41) is 31.6. The van der Waals surface area contributed by atoms with Crippen molar-refractivity contribution in [3.05, 3.63) is 25.3 Å². The van der Waals surface area contributed by atoms with Crippen molar-refractivity contribution in [2.45, 2.75) is 49.1 Å². The lowest BCUT2D eigenvalue weighted by atomic mass is 10.1. The Labute approximate surface area is 252 Å². The molecular formula is C21H27N10O12P2+. The summed E-state index contributed by atoms with van der Waals surface area (Å²) in [5.41, 5.74) is 12.4. The summed E-state index contributed by atoms with van der Waals surface area (Å²) in [5.74, 6) is 0.109. The minimum Gasteiger partial charge on any atom is -0.394 e. The molecule has 6 rings (SSSR count). The summed E-state index contributed by atoms with van der Waals surface area (Å²) in [7, 11) is -7.87. The quantitative estimate of drug-likeness (QED) is 0.0840. The number of ether oxygens (including phenoxy) is 3. The number of hydrogen-bond donors (Lipinski definition) is 7. The highest BCUT2D eigenvalue weighted by Crippen LogP contribution is 2.50. The lowest BCUT2D eigenvalue weighted by Crippen LogP contribution is -2.37. The standard InChI is InChI=1S/C21H26N10O12P2/c22-16-10-18(26-3-24-16)30(5-28-10)20-13(34)14(39-7-44(35)36)9(42-20)2-40-45(37,38)43-15-12(33)8(1-32)41-21(15)31-6-29-11-17(23)25-4-27-19(11)31/h3-6,8-9,12-15,20-21,32-34H,1-2,7H2,(H5-,22,23,24,25,26,27,35,36,37,38)/p+1. The second-order valence-corrected chi connectivity index (χ2v) is 12.3. The SMILES string of the molecule is Nc1ncnc2c1ncn2C1OC(COP(=O)(O)OC2C(O)C(CO)OC2n2cnc3c(N)ncnc32)C(OC[P+](=O)O)C1O. The van der Waals surface area contributed by atoms with Crippen LogP contribution >= 0.6 is 15.9 Å². The van der Waals surface area contributed by atoms with Crippen LogP contribution in [0, 0.1) is 0 Å². The largest absolute Gasteiger partial charge is 0.534 e. The van der Waals surface area contributed by atoms with E-state index in [0.717, 1.165) is 6.33 Å². The first-order chi connectivity index (χ1) is 21.5. The fraction of sp³-hybridized carbons (Fsp3) is 0.524. The number of hydrogen-bond acceptors (Lipinski definition) is 18. The van der Waals surface area contributed by atoms with E-state index in [1.54, 1.807) is 0 Å². The first-order valence-corrected chi connectivity index (χ1v) is 15.9. The number of nitrogens with two attached hydrogens (primary N) is 2. The molecule has 24 heteroatoms. The summed E-state index contributed by atoms with van der Waals surface area (Å²) in [6, 6.07) is 0. The summed E-state index contributed by atoms with van der Waals surface area (Å²) in [4.78, 5) is 44.1. The van der Waals surface area contributed by atoms with Crippen molar-refractivity contribution in [2.75, 3.05) is 31.0 Å². The highest BCUT2D eigenvalue weighted by Gasteiger charge is 2.51. The second-order valence-electron chi connectivity index (χ2n) is 9.91. The zero-order chi connectivity index (χ0) is 32.0. The van der Waals surface area contributed by atoms with Crippen molar-refractivity contribution < 1.29 is 57.5 Å². The Morgan fingerprint density at radius 3 is 2.04 bits per heavy atom. The molecule has 2 aliphatic heterocycles. The molecule has 0 aliphatic carbocycles. The first kappa shape index (κ1) is 31.6. The Bertz CT molecular complexity index is 1760. The van der Waals surface area contributed by atoms with Crippen LogP contribution in [-0.2, 0) is 32.4 Å². The van der Waals surface area contributed by atoms with Gasteiger partial charge in [0.15, 0.2) is 35.4 Å². The molecule has 2 aliphatic rings. The number of nitrogens with zero attached hydrogens (tertiary/aromatic N) is 8. The van der Waals surface area contributed by atoms with E-state index in [-0.39, 0.29) is 34.0 Å². The van der Waals surface area contributed by atoms with Crippen LogP contribution in [0.3, 0.4) is 0 Å². The number of fused-ring (bicyclic) bond motifs is 2. The van der Waals surface area contributed by atoms with Crippen molar-refractivity contribution in [1.29, 1.82) is 0 Å². The van der Waals surface area contributed by atoms with Crippen LogP contribution in [0.25, 0.3) is 22.3 Å². The molecule has 0 spiro atoms. The molecule has 2 saturated heterocycles. The van der Waals surface area contributed by atoms with Crippen LogP contribution in [0.5, 0.6) is 0 Å². The van der Waals surface area contributed by atoms with Gasteiger partial charge in [-0.25, -0.2) is 34.5 Å². The Morgan fingerprint density at radius 2 is 1.47 bits per heavy atom. The minimum absolute atomic E-state index is 0.0452. The summed E-state index contributed by atoms with van der Waals surface area (Å²) in [6.45, 7) is -1.41. The highest BCUT2D eigenvalue weighted by atomic mass is 31.2. The molecule has 45 heavy (non-hydrogen) atoms. The van der Waals surface area contributed by atoms with Gasteiger partial charge in [-0.3, -0.25) is 18.2 Å². The van der Waals surface area contributed by atoms with Crippen LogP contribution in [0.15, 0.2) is 25.3 Å². The van der Waals surface area contributed by atoms with Crippen LogP contribution < -0.4 is 11.5 Å². The smallest absolute Gasteiger partial charge is 0.394 e.